The third-order valence-electron chi connectivity index (χ3n) is 2.33. The second-order valence-electron chi connectivity index (χ2n) is 3.46. The number of hydrogen-bond donors (Lipinski definition) is 1. The predicted molar refractivity (Wildman–Crippen MR) is 57.8 cm³/mol. The van der Waals surface area contributed by atoms with Crippen molar-refractivity contribution in [2.45, 2.75) is 6.04 Å². The average Bonchev–Trinajstić information content (AvgIpc) is 2.78. The smallest absolute Gasteiger partial charge is 0.404 e. The zero-order valence-corrected chi connectivity index (χ0v) is 8.67. The molecule has 1 unspecified atom stereocenters. The van der Waals surface area contributed by atoms with Crippen LogP contribution in [0, 0.1) is 15.9 Å². The van der Waals surface area contributed by atoms with Gasteiger partial charge < -0.3 is 10.2 Å². The first-order valence-corrected chi connectivity index (χ1v) is 4.83. The summed E-state index contributed by atoms with van der Waals surface area (Å²) in [5.41, 5.74) is 6.46. The molecule has 6 heteroatoms. The van der Waals surface area contributed by atoms with Crippen molar-refractivity contribution in [2.75, 3.05) is 0 Å². The molecule has 1 aromatic heterocycles. The number of furan rings is 1. The van der Waals surface area contributed by atoms with Crippen LogP contribution in [0.15, 0.2) is 40.8 Å². The Morgan fingerprint density at radius 2 is 1.88 bits per heavy atom. The van der Waals surface area contributed by atoms with Crippen LogP contribution in [0.4, 0.5) is 10.3 Å². The second-order valence-corrected chi connectivity index (χ2v) is 3.46. The summed E-state index contributed by atoms with van der Waals surface area (Å²) in [5.74, 6) is -0.466. The maximum absolute atomic E-state index is 12.7. The Bertz CT molecular complexity index is 536. The van der Waals surface area contributed by atoms with Crippen LogP contribution in [0.2, 0.25) is 0 Å². The molecule has 2 aromatic rings. The first kappa shape index (κ1) is 11.3. The maximum atomic E-state index is 12.7. The summed E-state index contributed by atoms with van der Waals surface area (Å²) in [4.78, 5) is 9.80. The van der Waals surface area contributed by atoms with Crippen molar-refractivity contribution in [2.24, 2.45) is 5.73 Å². The topological polar surface area (TPSA) is 82.3 Å². The second kappa shape index (κ2) is 4.34. The summed E-state index contributed by atoms with van der Waals surface area (Å²) in [6.45, 7) is 0. The van der Waals surface area contributed by atoms with E-state index in [1.165, 1.54) is 36.4 Å². The summed E-state index contributed by atoms with van der Waals surface area (Å²) in [6.07, 6.45) is 0. The molecule has 5 nitrogen and oxygen atoms in total. The van der Waals surface area contributed by atoms with Crippen molar-refractivity contribution in [3.05, 3.63) is 63.7 Å². The van der Waals surface area contributed by atoms with Gasteiger partial charge in [0, 0.05) is 0 Å². The minimum Gasteiger partial charge on any atom is -0.404 e. The van der Waals surface area contributed by atoms with Gasteiger partial charge in [0.25, 0.3) is 0 Å². The van der Waals surface area contributed by atoms with Crippen LogP contribution in [0.3, 0.4) is 0 Å². The average molecular weight is 236 g/mol. The zero-order chi connectivity index (χ0) is 12.4. The van der Waals surface area contributed by atoms with E-state index in [1.54, 1.807) is 0 Å². The predicted octanol–water partition coefficient (Wildman–Crippen LogP) is 2.38. The number of nitro groups is 1. The molecule has 1 atom stereocenters. The molecule has 2 rings (SSSR count). The Balaban J connectivity index is 2.27. The highest BCUT2D eigenvalue weighted by Crippen LogP contribution is 2.25. The number of rotatable bonds is 3. The molecule has 0 amide bonds. The van der Waals surface area contributed by atoms with Crippen molar-refractivity contribution < 1.29 is 13.7 Å². The Kier molecular flexibility index (Phi) is 2.88. The van der Waals surface area contributed by atoms with Gasteiger partial charge in [-0.1, -0.05) is 12.1 Å². The lowest BCUT2D eigenvalue weighted by atomic mass is 10.1. The van der Waals surface area contributed by atoms with Crippen LogP contribution >= 0.6 is 0 Å². The highest BCUT2D eigenvalue weighted by Gasteiger charge is 2.18. The number of halogens is 1. The van der Waals surface area contributed by atoms with E-state index in [1.807, 2.05) is 0 Å². The molecule has 0 aliphatic rings. The van der Waals surface area contributed by atoms with Crippen molar-refractivity contribution in [3.63, 3.8) is 0 Å². The third-order valence-corrected chi connectivity index (χ3v) is 2.33. The standard InChI is InChI=1S/C11H9FN2O3/c12-8-3-1-7(2-4-8)11(13)9-5-6-10(17-9)14(15)16/h1-6,11H,13H2. The first-order valence-electron chi connectivity index (χ1n) is 4.83. The quantitative estimate of drug-likeness (QED) is 0.655. The highest BCUT2D eigenvalue weighted by atomic mass is 19.1. The van der Waals surface area contributed by atoms with Gasteiger partial charge in [0.15, 0.2) is 0 Å². The molecule has 0 saturated carbocycles. The van der Waals surface area contributed by atoms with Crippen molar-refractivity contribution in [3.8, 4) is 0 Å². The molecule has 0 aliphatic carbocycles. The first-order chi connectivity index (χ1) is 8.08. The molecule has 88 valence electrons. The van der Waals surface area contributed by atoms with Gasteiger partial charge in [-0.25, -0.2) is 4.39 Å². The van der Waals surface area contributed by atoms with Crippen LogP contribution in [-0.4, -0.2) is 4.92 Å². The Morgan fingerprint density at radius 1 is 1.24 bits per heavy atom. The van der Waals surface area contributed by atoms with Gasteiger partial charge in [-0.05, 0) is 23.8 Å². The summed E-state index contributed by atoms with van der Waals surface area (Å²) in [5, 5.41) is 10.4. The molecule has 0 bridgehead atoms. The molecule has 0 radical (unpaired) electrons. The molecule has 17 heavy (non-hydrogen) atoms. The van der Waals surface area contributed by atoms with Gasteiger partial charge in [0.1, 0.15) is 16.5 Å². The largest absolute Gasteiger partial charge is 0.433 e. The number of nitrogens with zero attached hydrogens (tertiary/aromatic N) is 1. The fraction of sp³-hybridized carbons (Fsp3) is 0.0909. The van der Waals surface area contributed by atoms with Gasteiger partial charge >= 0.3 is 5.88 Å². The van der Waals surface area contributed by atoms with Crippen LogP contribution in [0.5, 0.6) is 0 Å². The molecule has 0 spiro atoms. The number of benzene rings is 1. The van der Waals surface area contributed by atoms with E-state index in [0.717, 1.165) is 0 Å². The van der Waals surface area contributed by atoms with E-state index < -0.39 is 11.0 Å². The van der Waals surface area contributed by atoms with E-state index in [-0.39, 0.29) is 17.5 Å². The van der Waals surface area contributed by atoms with Crippen LogP contribution < -0.4 is 5.73 Å². The molecule has 0 aliphatic heterocycles. The van der Waals surface area contributed by atoms with E-state index in [2.05, 4.69) is 0 Å². The lowest BCUT2D eigenvalue weighted by molar-refractivity contribution is -0.402. The van der Waals surface area contributed by atoms with Crippen LogP contribution in [0.25, 0.3) is 0 Å². The van der Waals surface area contributed by atoms with Gasteiger partial charge in [0.05, 0.1) is 12.1 Å². The monoisotopic (exact) mass is 236 g/mol. The van der Waals surface area contributed by atoms with Crippen molar-refractivity contribution in [1.29, 1.82) is 0 Å². The molecular weight excluding hydrogens is 227 g/mol. The van der Waals surface area contributed by atoms with E-state index >= 15 is 0 Å². The van der Waals surface area contributed by atoms with Crippen LogP contribution in [-0.2, 0) is 0 Å². The van der Waals surface area contributed by atoms with Gasteiger partial charge in [-0.2, -0.15) is 0 Å². The lowest BCUT2D eigenvalue weighted by Crippen LogP contribution is -2.10. The van der Waals surface area contributed by atoms with E-state index in [0.29, 0.717) is 5.56 Å². The van der Waals surface area contributed by atoms with Crippen molar-refractivity contribution in [1.82, 2.24) is 0 Å². The minimum atomic E-state index is -0.649. The van der Waals surface area contributed by atoms with E-state index in [9.17, 15) is 14.5 Å². The number of hydrogen-bond acceptors (Lipinski definition) is 4. The molecule has 2 N–H and O–H groups in total. The number of nitrogens with two attached hydrogens (primary N) is 1. The summed E-state index contributed by atoms with van der Waals surface area (Å²) >= 11 is 0. The van der Waals surface area contributed by atoms with Gasteiger partial charge in [-0.15, -0.1) is 0 Å². The minimum absolute atomic E-state index is 0.267. The zero-order valence-electron chi connectivity index (χ0n) is 8.67. The fourth-order valence-corrected chi connectivity index (χ4v) is 1.44. The summed E-state index contributed by atoms with van der Waals surface area (Å²) in [6, 6.07) is 7.58. The van der Waals surface area contributed by atoms with E-state index in [4.69, 9.17) is 10.2 Å². The molecule has 1 aromatic carbocycles. The van der Waals surface area contributed by atoms with Crippen molar-refractivity contribution >= 4 is 5.88 Å². The van der Waals surface area contributed by atoms with Crippen LogP contribution in [0.1, 0.15) is 17.4 Å². The van der Waals surface area contributed by atoms with Gasteiger partial charge in [0.2, 0.25) is 0 Å². The molecule has 0 saturated heterocycles. The Morgan fingerprint density at radius 3 is 2.41 bits per heavy atom. The molecule has 0 fully saturated rings. The Hall–Kier alpha value is -2.21. The third kappa shape index (κ3) is 2.31. The molecule has 1 heterocycles. The van der Waals surface area contributed by atoms with Gasteiger partial charge in [-0.3, -0.25) is 10.1 Å². The maximum Gasteiger partial charge on any atom is 0.433 e. The SMILES string of the molecule is NC(c1ccc(F)cc1)c1ccc([N+](=O)[O-])o1. The summed E-state index contributed by atoms with van der Waals surface area (Å²) in [7, 11) is 0. The lowest BCUT2D eigenvalue weighted by Gasteiger charge is -2.07. The Labute approximate surface area is 95.8 Å². The normalized spacial score (nSPS) is 12.4. The fourth-order valence-electron chi connectivity index (χ4n) is 1.44. The highest BCUT2D eigenvalue weighted by molar-refractivity contribution is 5.29. The molecular formula is C11H9FN2O3. The summed E-state index contributed by atoms with van der Waals surface area (Å²) < 4.78 is 17.7.